The Bertz CT molecular complexity index is 1940. The van der Waals surface area contributed by atoms with Crippen molar-refractivity contribution in [2.75, 3.05) is 44.2 Å². The Morgan fingerprint density at radius 2 is 2.00 bits per heavy atom. The fourth-order valence-corrected chi connectivity index (χ4v) is 8.66. The van der Waals surface area contributed by atoms with Crippen LogP contribution in [0.5, 0.6) is 6.01 Å². The number of ether oxygens (including phenoxy) is 1. The number of pyridine rings is 1. The minimum absolute atomic E-state index is 0.0717. The second kappa shape index (κ2) is 9.78. The first-order valence-electron chi connectivity index (χ1n) is 15.9. The summed E-state index contributed by atoms with van der Waals surface area (Å²) in [6.45, 7) is 3.84. The second-order valence-corrected chi connectivity index (χ2v) is 13.7. The molecule has 9 rings (SSSR count). The number of aryl methyl sites for hydroxylation is 1. The third-order valence-electron chi connectivity index (χ3n) is 10.9. The van der Waals surface area contributed by atoms with Crippen molar-refractivity contribution in [1.82, 2.24) is 25.2 Å². The molecule has 0 amide bonds. The van der Waals surface area contributed by atoms with Crippen molar-refractivity contribution in [2.24, 2.45) is 5.41 Å². The van der Waals surface area contributed by atoms with Gasteiger partial charge in [0.15, 0.2) is 5.82 Å². The van der Waals surface area contributed by atoms with Gasteiger partial charge in [-0.1, -0.05) is 30.2 Å². The fraction of sp³-hybridized carbons (Fsp3) is 0.457. The maximum Gasteiger partial charge on any atom is 0.319 e. The molecule has 1 spiro atoms. The number of alkyl halides is 1. The van der Waals surface area contributed by atoms with Gasteiger partial charge in [0.25, 0.3) is 0 Å². The Morgan fingerprint density at radius 1 is 1.11 bits per heavy atom. The zero-order valence-corrected chi connectivity index (χ0v) is 24.9. The molecule has 7 nitrogen and oxygen atoms in total. The Hall–Kier alpha value is -3.94. The summed E-state index contributed by atoms with van der Waals surface area (Å²) in [5.41, 5.74) is 1.26. The second-order valence-electron chi connectivity index (χ2n) is 13.7. The molecule has 2 aromatic carbocycles. The number of nitrogens with zero attached hydrogens (tertiary/aromatic N) is 5. The molecule has 3 saturated heterocycles. The van der Waals surface area contributed by atoms with Crippen LogP contribution in [0.25, 0.3) is 32.9 Å². The van der Waals surface area contributed by atoms with Crippen molar-refractivity contribution >= 4 is 27.5 Å². The van der Waals surface area contributed by atoms with Crippen molar-refractivity contribution < 1.29 is 17.9 Å². The summed E-state index contributed by atoms with van der Waals surface area (Å²) >= 11 is 0. The van der Waals surface area contributed by atoms with Gasteiger partial charge >= 0.3 is 6.01 Å². The highest BCUT2D eigenvalue weighted by Crippen LogP contribution is 2.60. The largest absolute Gasteiger partial charge is 0.461 e. The smallest absolute Gasteiger partial charge is 0.319 e. The Kier molecular flexibility index (Phi) is 5.95. The van der Waals surface area contributed by atoms with Crippen LogP contribution in [0, 0.1) is 29.4 Å². The van der Waals surface area contributed by atoms with E-state index in [1.807, 2.05) is 6.07 Å². The molecule has 4 aromatic rings. The number of halogens is 3. The number of fused-ring (bicyclic) bond motifs is 4. The molecular formula is C35H33F3N6O. The molecule has 230 valence electrons. The normalized spacial score (nSPS) is 26.6. The minimum atomic E-state index is -0.888. The third-order valence-corrected chi connectivity index (χ3v) is 10.9. The van der Waals surface area contributed by atoms with E-state index in [1.165, 1.54) is 18.9 Å². The molecule has 1 saturated carbocycles. The topological polar surface area (TPSA) is 66.4 Å². The van der Waals surface area contributed by atoms with Gasteiger partial charge in [-0.05, 0) is 49.0 Å². The molecule has 0 unspecified atom stereocenters. The molecule has 3 atom stereocenters. The summed E-state index contributed by atoms with van der Waals surface area (Å²) in [6.07, 6.45) is 9.94. The monoisotopic (exact) mass is 610 g/mol. The number of benzene rings is 2. The van der Waals surface area contributed by atoms with Gasteiger partial charge in [0.05, 0.1) is 22.2 Å². The van der Waals surface area contributed by atoms with Crippen LogP contribution in [0.3, 0.4) is 0 Å². The van der Waals surface area contributed by atoms with Gasteiger partial charge in [0, 0.05) is 56.1 Å². The zero-order chi connectivity index (χ0) is 30.5. The number of hydrogen-bond acceptors (Lipinski definition) is 7. The van der Waals surface area contributed by atoms with Crippen molar-refractivity contribution in [3.05, 3.63) is 53.2 Å². The summed E-state index contributed by atoms with van der Waals surface area (Å²) in [5, 5.41) is 5.19. The predicted molar refractivity (Wildman–Crippen MR) is 166 cm³/mol. The maximum atomic E-state index is 16.9. The number of piperazine rings is 1. The van der Waals surface area contributed by atoms with E-state index in [-0.39, 0.29) is 40.8 Å². The summed E-state index contributed by atoms with van der Waals surface area (Å²) in [6, 6.07) is 8.55. The lowest BCUT2D eigenvalue weighted by molar-refractivity contribution is 0.107. The number of terminal acetylenes is 1. The first kappa shape index (κ1) is 27.4. The van der Waals surface area contributed by atoms with Crippen molar-refractivity contribution in [2.45, 2.75) is 56.3 Å². The van der Waals surface area contributed by atoms with Crippen LogP contribution in [-0.2, 0) is 6.42 Å². The number of aromatic nitrogens is 3. The fourth-order valence-electron chi connectivity index (χ4n) is 8.66. The lowest BCUT2D eigenvalue weighted by Gasteiger charge is -2.36. The molecule has 4 fully saturated rings. The lowest BCUT2D eigenvalue weighted by atomic mass is 9.89. The van der Waals surface area contributed by atoms with Crippen LogP contribution in [0.4, 0.5) is 19.0 Å². The van der Waals surface area contributed by atoms with Gasteiger partial charge < -0.3 is 15.0 Å². The van der Waals surface area contributed by atoms with Crippen LogP contribution < -0.4 is 15.0 Å². The lowest BCUT2D eigenvalue weighted by Crippen LogP contribution is -2.51. The molecule has 10 heteroatoms. The van der Waals surface area contributed by atoms with Gasteiger partial charge in [-0.3, -0.25) is 4.90 Å². The van der Waals surface area contributed by atoms with Crippen LogP contribution in [0.1, 0.15) is 43.4 Å². The Labute approximate surface area is 259 Å². The summed E-state index contributed by atoms with van der Waals surface area (Å²) in [5.74, 6) is 1.91. The molecule has 0 bridgehead atoms. The molecular weight excluding hydrogens is 577 g/mol. The molecule has 2 aromatic heterocycles. The third kappa shape index (κ3) is 4.16. The van der Waals surface area contributed by atoms with Crippen LogP contribution in [0.15, 0.2) is 30.3 Å². The van der Waals surface area contributed by atoms with E-state index in [4.69, 9.17) is 26.1 Å². The van der Waals surface area contributed by atoms with Crippen LogP contribution >= 0.6 is 0 Å². The number of rotatable bonds is 4. The first-order chi connectivity index (χ1) is 21.9. The SMILES string of the molecule is C#Cc1c(F)ccc2cccc(-c3nc4c5c(nc(OC[C@@]67C[C@@H](F)CN6CC6(CC6)C7)nc5c3F)N3CCNC[C@H]3CC4)c12. The summed E-state index contributed by atoms with van der Waals surface area (Å²) < 4.78 is 53.0. The molecule has 5 aliphatic rings. The average Bonchev–Trinajstić information content (AvgIpc) is 3.68. The van der Waals surface area contributed by atoms with Crippen molar-refractivity contribution in [3.8, 4) is 29.6 Å². The Morgan fingerprint density at radius 3 is 2.84 bits per heavy atom. The van der Waals surface area contributed by atoms with E-state index in [1.54, 1.807) is 18.2 Å². The van der Waals surface area contributed by atoms with E-state index >= 15 is 4.39 Å². The molecule has 0 radical (unpaired) electrons. The molecule has 1 aliphatic carbocycles. The number of hydrogen-bond donors (Lipinski definition) is 1. The summed E-state index contributed by atoms with van der Waals surface area (Å²) in [7, 11) is 0. The van der Waals surface area contributed by atoms with E-state index in [2.05, 4.69) is 21.0 Å². The summed E-state index contributed by atoms with van der Waals surface area (Å²) in [4.78, 5) is 19.0. The standard InChI is InChI=1S/C35H33F3N6O/c1-2-23-25(37)8-6-20-4-3-5-24(27(20)23)30-29(38)31-28-26(40-30)9-7-22-15-39-12-13-44(22)32(28)42-33(41-31)45-19-35-14-21(36)16-43(35)18-34(17-35)10-11-34/h1,3-6,8,21-22,39H,7,9-19H2/t21-,22-,35+/m1/s1. The molecule has 1 N–H and O–H groups in total. The van der Waals surface area contributed by atoms with Gasteiger partial charge in [-0.15, -0.1) is 6.42 Å². The highest BCUT2D eigenvalue weighted by atomic mass is 19.1. The van der Waals surface area contributed by atoms with Gasteiger partial charge in [0.1, 0.15) is 35.6 Å². The van der Waals surface area contributed by atoms with E-state index < -0.39 is 23.3 Å². The quantitative estimate of drug-likeness (QED) is 0.320. The molecule has 6 heterocycles. The van der Waals surface area contributed by atoms with Crippen LogP contribution in [0.2, 0.25) is 0 Å². The van der Waals surface area contributed by atoms with Crippen molar-refractivity contribution in [3.63, 3.8) is 0 Å². The van der Waals surface area contributed by atoms with Crippen LogP contribution in [-0.4, -0.2) is 76.9 Å². The minimum Gasteiger partial charge on any atom is -0.461 e. The number of anilines is 1. The van der Waals surface area contributed by atoms with Gasteiger partial charge in [-0.25, -0.2) is 18.2 Å². The average molecular weight is 611 g/mol. The van der Waals surface area contributed by atoms with Gasteiger partial charge in [-0.2, -0.15) is 9.97 Å². The Balaban J connectivity index is 1.21. The van der Waals surface area contributed by atoms with E-state index in [9.17, 15) is 8.78 Å². The molecule has 4 aliphatic heterocycles. The first-order valence-corrected chi connectivity index (χ1v) is 15.9. The molecule has 45 heavy (non-hydrogen) atoms. The van der Waals surface area contributed by atoms with Gasteiger partial charge in [0.2, 0.25) is 0 Å². The number of nitrogens with one attached hydrogen (secondary N) is 1. The highest BCUT2D eigenvalue weighted by Gasteiger charge is 2.62. The van der Waals surface area contributed by atoms with E-state index in [0.29, 0.717) is 59.2 Å². The highest BCUT2D eigenvalue weighted by molar-refractivity contribution is 6.02. The predicted octanol–water partition coefficient (Wildman–Crippen LogP) is 5.17. The maximum absolute atomic E-state index is 16.9. The van der Waals surface area contributed by atoms with Crippen molar-refractivity contribution in [1.29, 1.82) is 0 Å². The van der Waals surface area contributed by atoms with E-state index in [0.717, 1.165) is 32.5 Å². The zero-order valence-electron chi connectivity index (χ0n) is 24.9.